The maximum Gasteiger partial charge on any atom is 0.270 e. The fourth-order valence-electron chi connectivity index (χ4n) is 1.93. The molecule has 0 saturated heterocycles. The Balaban J connectivity index is 1.77. The molecule has 0 unspecified atom stereocenters. The minimum Gasteiger partial charge on any atom is -0.325 e. The maximum absolute atomic E-state index is 12.0. The van der Waals surface area contributed by atoms with Gasteiger partial charge in [0.1, 0.15) is 0 Å². The highest BCUT2D eigenvalue weighted by Crippen LogP contribution is 2.25. The summed E-state index contributed by atoms with van der Waals surface area (Å²) in [6.45, 7) is 0. The average Bonchev–Trinajstić information content (AvgIpc) is 2.60. The summed E-state index contributed by atoms with van der Waals surface area (Å²) in [5.41, 5.74) is 5.34. The normalized spacial score (nSPS) is 10.1. The van der Waals surface area contributed by atoms with E-state index in [4.69, 9.17) is 23.2 Å². The lowest BCUT2D eigenvalue weighted by Gasteiger charge is -2.09. The largest absolute Gasteiger partial charge is 0.325 e. The molecule has 2 rings (SSSR count). The lowest BCUT2D eigenvalue weighted by atomic mass is 10.2. The molecule has 0 bridgehead atoms. The fourth-order valence-corrected chi connectivity index (χ4v) is 2.85. The van der Waals surface area contributed by atoms with Crippen LogP contribution in [0.25, 0.3) is 0 Å². The summed E-state index contributed by atoms with van der Waals surface area (Å²) in [6.07, 6.45) is -0.178. The van der Waals surface area contributed by atoms with Gasteiger partial charge in [-0.3, -0.25) is 25.2 Å². The second-order valence-corrected chi connectivity index (χ2v) is 6.85. The lowest BCUT2D eigenvalue weighted by molar-refractivity contribution is -0.124. The summed E-state index contributed by atoms with van der Waals surface area (Å²) >= 11 is 15.0. The van der Waals surface area contributed by atoms with Crippen molar-refractivity contribution in [3.63, 3.8) is 0 Å². The first-order chi connectivity index (χ1) is 12.4. The topological polar surface area (TPSA) is 87.3 Å². The number of hydrogen-bond acceptors (Lipinski definition) is 3. The van der Waals surface area contributed by atoms with E-state index in [1.807, 2.05) is 0 Å². The lowest BCUT2D eigenvalue weighted by Crippen LogP contribution is -2.41. The van der Waals surface area contributed by atoms with Gasteiger partial charge in [0.25, 0.3) is 5.91 Å². The zero-order chi connectivity index (χ0) is 19.1. The van der Waals surface area contributed by atoms with Gasteiger partial charge in [-0.05, 0) is 46.3 Å². The van der Waals surface area contributed by atoms with Crippen LogP contribution in [0.3, 0.4) is 0 Å². The van der Waals surface area contributed by atoms with E-state index >= 15 is 0 Å². The van der Waals surface area contributed by atoms with Gasteiger partial charge in [-0.2, -0.15) is 0 Å². The summed E-state index contributed by atoms with van der Waals surface area (Å²) in [5.74, 6) is -1.35. The van der Waals surface area contributed by atoms with Crippen molar-refractivity contribution in [2.75, 3.05) is 5.32 Å². The molecule has 6 nitrogen and oxygen atoms in total. The first kappa shape index (κ1) is 20.2. The number of hydrazine groups is 1. The van der Waals surface area contributed by atoms with E-state index in [1.165, 1.54) is 6.07 Å². The van der Waals surface area contributed by atoms with Crippen LogP contribution >= 0.6 is 39.1 Å². The number of anilines is 1. The van der Waals surface area contributed by atoms with E-state index in [9.17, 15) is 14.4 Å². The van der Waals surface area contributed by atoms with E-state index in [-0.39, 0.29) is 18.7 Å². The Hall–Kier alpha value is -2.09. The monoisotopic (exact) mass is 457 g/mol. The smallest absolute Gasteiger partial charge is 0.270 e. The molecule has 0 spiro atoms. The second-order valence-electron chi connectivity index (χ2n) is 5.15. The predicted molar refractivity (Wildman–Crippen MR) is 104 cm³/mol. The summed E-state index contributed by atoms with van der Waals surface area (Å²) < 4.78 is 0.603. The van der Waals surface area contributed by atoms with Crippen molar-refractivity contribution >= 4 is 62.5 Å². The van der Waals surface area contributed by atoms with Gasteiger partial charge in [0.05, 0.1) is 16.3 Å². The van der Waals surface area contributed by atoms with Crippen LogP contribution < -0.4 is 16.2 Å². The van der Waals surface area contributed by atoms with E-state index in [1.54, 1.807) is 36.4 Å². The quantitative estimate of drug-likeness (QED) is 0.593. The van der Waals surface area contributed by atoms with Gasteiger partial charge in [0, 0.05) is 22.3 Å². The van der Waals surface area contributed by atoms with Gasteiger partial charge >= 0.3 is 0 Å². The minimum absolute atomic E-state index is 0.0737. The van der Waals surface area contributed by atoms with Crippen LogP contribution in [0, 0.1) is 0 Å². The van der Waals surface area contributed by atoms with Gasteiger partial charge in [0.2, 0.25) is 11.8 Å². The molecule has 2 aromatic carbocycles. The SMILES string of the molecule is O=C(CCC(=O)Nc1ccc(Cl)cc1Cl)NNC(=O)c1ccccc1Br. The average molecular weight is 459 g/mol. The number of carbonyl (C=O) groups is 3. The molecule has 0 heterocycles. The Morgan fingerprint density at radius 1 is 0.923 bits per heavy atom. The zero-order valence-corrected chi connectivity index (χ0v) is 16.4. The Morgan fingerprint density at radius 2 is 1.62 bits per heavy atom. The van der Waals surface area contributed by atoms with E-state index in [2.05, 4.69) is 32.1 Å². The molecular formula is C17H14BrCl2N3O3. The number of rotatable bonds is 5. The Morgan fingerprint density at radius 3 is 2.31 bits per heavy atom. The molecule has 0 aliphatic carbocycles. The number of nitrogens with one attached hydrogen (secondary N) is 3. The second kappa shape index (κ2) is 9.56. The molecule has 0 aromatic heterocycles. The van der Waals surface area contributed by atoms with Crippen molar-refractivity contribution in [2.24, 2.45) is 0 Å². The number of amides is 3. The third-order valence-electron chi connectivity index (χ3n) is 3.22. The van der Waals surface area contributed by atoms with Gasteiger partial charge in [0.15, 0.2) is 0 Å². The molecule has 0 radical (unpaired) electrons. The molecule has 9 heteroatoms. The first-order valence-electron chi connectivity index (χ1n) is 7.45. The summed E-state index contributed by atoms with van der Waals surface area (Å²) in [6, 6.07) is 11.5. The minimum atomic E-state index is -0.497. The molecule has 0 aliphatic rings. The van der Waals surface area contributed by atoms with Gasteiger partial charge in [-0.25, -0.2) is 0 Å². The molecular weight excluding hydrogens is 445 g/mol. The molecule has 0 saturated carbocycles. The summed E-state index contributed by atoms with van der Waals surface area (Å²) in [4.78, 5) is 35.6. The van der Waals surface area contributed by atoms with Crippen molar-refractivity contribution in [3.8, 4) is 0 Å². The third kappa shape index (κ3) is 6.01. The van der Waals surface area contributed by atoms with Crippen LogP contribution in [-0.4, -0.2) is 17.7 Å². The number of benzene rings is 2. The number of halogens is 3. The highest BCUT2D eigenvalue weighted by atomic mass is 79.9. The van der Waals surface area contributed by atoms with Gasteiger partial charge in [-0.15, -0.1) is 0 Å². The van der Waals surface area contributed by atoms with Crippen LogP contribution in [0.15, 0.2) is 46.9 Å². The van der Waals surface area contributed by atoms with Crippen LogP contribution in [0.2, 0.25) is 10.0 Å². The molecule has 26 heavy (non-hydrogen) atoms. The molecule has 0 aliphatic heterocycles. The fraction of sp³-hybridized carbons (Fsp3) is 0.118. The van der Waals surface area contributed by atoms with Crippen molar-refractivity contribution < 1.29 is 14.4 Å². The van der Waals surface area contributed by atoms with E-state index in [0.717, 1.165) is 0 Å². The highest BCUT2D eigenvalue weighted by Gasteiger charge is 2.12. The predicted octanol–water partition coefficient (Wildman–Crippen LogP) is 3.94. The van der Waals surface area contributed by atoms with Gasteiger partial charge in [-0.1, -0.05) is 35.3 Å². The molecule has 136 valence electrons. The van der Waals surface area contributed by atoms with Crippen LogP contribution in [0.1, 0.15) is 23.2 Å². The Labute approximate surface area is 168 Å². The number of hydrogen-bond donors (Lipinski definition) is 3. The van der Waals surface area contributed by atoms with Crippen LogP contribution in [0.5, 0.6) is 0 Å². The summed E-state index contributed by atoms with van der Waals surface area (Å²) in [5, 5.41) is 3.34. The third-order valence-corrected chi connectivity index (χ3v) is 4.46. The Bertz CT molecular complexity index is 846. The number of carbonyl (C=O) groups excluding carboxylic acids is 3. The van der Waals surface area contributed by atoms with E-state index < -0.39 is 11.8 Å². The van der Waals surface area contributed by atoms with Crippen LogP contribution in [-0.2, 0) is 9.59 Å². The Kier molecular flexibility index (Phi) is 7.44. The first-order valence-corrected chi connectivity index (χ1v) is 9.00. The standard InChI is InChI=1S/C17H14BrCl2N3O3/c18-12-4-2-1-3-11(12)17(26)23-22-16(25)8-7-15(24)21-14-6-5-10(19)9-13(14)20/h1-6,9H,7-8H2,(H,21,24)(H,22,25)(H,23,26). The highest BCUT2D eigenvalue weighted by molar-refractivity contribution is 9.10. The van der Waals surface area contributed by atoms with Crippen molar-refractivity contribution in [2.45, 2.75) is 12.8 Å². The van der Waals surface area contributed by atoms with Crippen LogP contribution in [0.4, 0.5) is 5.69 Å². The molecule has 3 amide bonds. The van der Waals surface area contributed by atoms with E-state index in [0.29, 0.717) is 25.8 Å². The molecule has 3 N–H and O–H groups in total. The van der Waals surface area contributed by atoms with Crippen molar-refractivity contribution in [1.29, 1.82) is 0 Å². The molecule has 0 atom stereocenters. The van der Waals surface area contributed by atoms with Gasteiger partial charge < -0.3 is 5.32 Å². The molecule has 0 fully saturated rings. The maximum atomic E-state index is 12.0. The van der Waals surface area contributed by atoms with Crippen molar-refractivity contribution in [3.05, 3.63) is 62.5 Å². The van der Waals surface area contributed by atoms with Crippen molar-refractivity contribution in [1.82, 2.24) is 10.9 Å². The zero-order valence-electron chi connectivity index (χ0n) is 13.3. The summed E-state index contributed by atoms with van der Waals surface area (Å²) in [7, 11) is 0. The molecule has 2 aromatic rings.